The van der Waals surface area contributed by atoms with Crippen LogP contribution in [0.1, 0.15) is 43.4 Å². The van der Waals surface area contributed by atoms with Gasteiger partial charge in [-0.15, -0.1) is 5.10 Å². The highest BCUT2D eigenvalue weighted by atomic mass is 16.6. The van der Waals surface area contributed by atoms with Gasteiger partial charge in [-0.25, -0.2) is 0 Å². The van der Waals surface area contributed by atoms with Crippen molar-refractivity contribution < 1.29 is 19.0 Å². The van der Waals surface area contributed by atoms with E-state index in [0.29, 0.717) is 23.1 Å². The van der Waals surface area contributed by atoms with Gasteiger partial charge in [-0.1, -0.05) is 44.2 Å². The first kappa shape index (κ1) is 22.9. The van der Waals surface area contributed by atoms with Crippen molar-refractivity contribution in [2.75, 3.05) is 7.11 Å². The van der Waals surface area contributed by atoms with Gasteiger partial charge >= 0.3 is 5.97 Å². The van der Waals surface area contributed by atoms with Crippen molar-refractivity contribution in [3.63, 3.8) is 0 Å². The molecule has 2 heterocycles. The summed E-state index contributed by atoms with van der Waals surface area (Å²) in [5, 5.41) is 17.3. The van der Waals surface area contributed by atoms with Crippen molar-refractivity contribution in [3.8, 4) is 34.7 Å². The number of allylic oxidation sites excluding steroid dienone is 1. The summed E-state index contributed by atoms with van der Waals surface area (Å²) in [7, 11) is 1.49. The number of hydrogen-bond acceptors (Lipinski definition) is 7. The lowest BCUT2D eigenvalue weighted by atomic mass is 9.83. The molecule has 174 valence electrons. The normalized spacial score (nSPS) is 14.9. The number of nitriles is 1. The van der Waals surface area contributed by atoms with E-state index in [1.807, 2.05) is 12.1 Å². The fourth-order valence-electron chi connectivity index (χ4n) is 4.18. The van der Waals surface area contributed by atoms with E-state index in [2.05, 4.69) is 42.2 Å². The maximum Gasteiger partial charge on any atom is 0.308 e. The molecule has 1 aliphatic rings. The molecule has 1 aliphatic heterocycles. The van der Waals surface area contributed by atoms with Crippen molar-refractivity contribution in [1.29, 1.82) is 5.26 Å². The second kappa shape index (κ2) is 9.32. The third kappa shape index (κ3) is 4.33. The molecule has 1 atom stereocenters. The first-order chi connectivity index (χ1) is 16.3. The van der Waals surface area contributed by atoms with Gasteiger partial charge in [0.15, 0.2) is 11.5 Å². The molecule has 0 amide bonds. The molecular weight excluding hydrogens is 432 g/mol. The Labute approximate surface area is 197 Å². The van der Waals surface area contributed by atoms with Gasteiger partial charge in [-0.05, 0) is 35.6 Å². The van der Waals surface area contributed by atoms with E-state index in [9.17, 15) is 10.1 Å². The van der Waals surface area contributed by atoms with Crippen LogP contribution in [0.3, 0.4) is 0 Å². The monoisotopic (exact) mass is 458 g/mol. The number of hydrogen-bond donors (Lipinski definition) is 2. The summed E-state index contributed by atoms with van der Waals surface area (Å²) in [5.41, 5.74) is 10.7. The van der Waals surface area contributed by atoms with Crippen LogP contribution in [0.5, 0.6) is 17.4 Å². The predicted octanol–water partition coefficient (Wildman–Crippen LogP) is 4.43. The molecule has 0 bridgehead atoms. The minimum absolute atomic E-state index is 0.00615. The van der Waals surface area contributed by atoms with Crippen LogP contribution in [0.15, 0.2) is 53.9 Å². The summed E-state index contributed by atoms with van der Waals surface area (Å²) in [6.07, 6.45) is 0.986. The van der Waals surface area contributed by atoms with Gasteiger partial charge in [0.1, 0.15) is 11.6 Å². The Morgan fingerprint density at radius 2 is 1.97 bits per heavy atom. The first-order valence-electron chi connectivity index (χ1n) is 10.9. The van der Waals surface area contributed by atoms with E-state index >= 15 is 0 Å². The van der Waals surface area contributed by atoms with Gasteiger partial charge in [0.05, 0.1) is 24.3 Å². The number of H-pyrrole nitrogens is 1. The molecule has 1 unspecified atom stereocenters. The number of benzene rings is 2. The number of carbonyl (C=O) groups excluding carboxylic acids is 1. The second-order valence-corrected chi connectivity index (χ2v) is 8.54. The van der Waals surface area contributed by atoms with E-state index in [0.717, 1.165) is 23.2 Å². The molecule has 4 rings (SSSR count). The molecular formula is C26H26N4O4. The number of aromatic nitrogens is 2. The molecule has 0 spiro atoms. The van der Waals surface area contributed by atoms with Gasteiger partial charge in [0.25, 0.3) is 0 Å². The summed E-state index contributed by atoms with van der Waals surface area (Å²) >= 11 is 0. The largest absolute Gasteiger partial charge is 0.493 e. The number of nitrogens with one attached hydrogen (secondary N) is 1. The summed E-state index contributed by atoms with van der Waals surface area (Å²) < 4.78 is 16.4. The number of ether oxygens (including phenoxy) is 3. The lowest BCUT2D eigenvalue weighted by molar-refractivity contribution is -0.132. The van der Waals surface area contributed by atoms with E-state index in [-0.39, 0.29) is 17.2 Å². The molecule has 3 aromatic rings. The first-order valence-corrected chi connectivity index (χ1v) is 10.9. The number of esters is 1. The number of carbonyl (C=O) groups is 1. The second-order valence-electron chi connectivity index (χ2n) is 8.54. The lowest BCUT2D eigenvalue weighted by Gasteiger charge is -2.24. The van der Waals surface area contributed by atoms with E-state index in [1.165, 1.54) is 19.6 Å². The molecule has 34 heavy (non-hydrogen) atoms. The van der Waals surface area contributed by atoms with Crippen LogP contribution >= 0.6 is 0 Å². The van der Waals surface area contributed by atoms with Crippen LogP contribution in [0.25, 0.3) is 11.3 Å². The Morgan fingerprint density at radius 1 is 1.24 bits per heavy atom. The molecule has 8 heteroatoms. The number of methoxy groups -OCH3 is 1. The molecule has 0 aliphatic carbocycles. The summed E-state index contributed by atoms with van der Waals surface area (Å²) in [5.74, 6) is 0.491. The van der Waals surface area contributed by atoms with Gasteiger partial charge < -0.3 is 19.9 Å². The average Bonchev–Trinajstić information content (AvgIpc) is 3.21. The van der Waals surface area contributed by atoms with Crippen molar-refractivity contribution in [3.05, 3.63) is 70.6 Å². The lowest BCUT2D eigenvalue weighted by Crippen LogP contribution is -2.21. The molecule has 0 fully saturated rings. The Morgan fingerprint density at radius 3 is 2.59 bits per heavy atom. The number of nitrogens with zero attached hydrogens (tertiary/aromatic N) is 2. The highest BCUT2D eigenvalue weighted by molar-refractivity contribution is 5.73. The smallest absolute Gasteiger partial charge is 0.308 e. The minimum Gasteiger partial charge on any atom is -0.493 e. The quantitative estimate of drug-likeness (QED) is 0.414. The minimum atomic E-state index is -0.557. The molecule has 3 N–H and O–H groups in total. The number of rotatable bonds is 6. The highest BCUT2D eigenvalue weighted by Gasteiger charge is 2.36. The molecule has 1 aromatic heterocycles. The third-order valence-corrected chi connectivity index (χ3v) is 5.60. The van der Waals surface area contributed by atoms with Crippen LogP contribution in [0.2, 0.25) is 0 Å². The van der Waals surface area contributed by atoms with Gasteiger partial charge in [0.2, 0.25) is 11.8 Å². The van der Waals surface area contributed by atoms with Crippen LogP contribution in [0, 0.1) is 17.2 Å². The number of aromatic amines is 1. The fourth-order valence-corrected chi connectivity index (χ4v) is 4.18. The van der Waals surface area contributed by atoms with Gasteiger partial charge in [0, 0.05) is 12.5 Å². The maximum atomic E-state index is 11.4. The molecule has 0 saturated carbocycles. The van der Waals surface area contributed by atoms with Crippen LogP contribution in [0.4, 0.5) is 0 Å². The standard InChI is InChI=1S/C26H26N4O4/c1-14(2)11-16-5-7-17(8-6-16)24-23-22(19(13-27)25(28)34-26(23)30-29-24)18-9-10-20(33-15(3)31)21(12-18)32-4/h5-10,12,14,22H,11,28H2,1-4H3,(H,29,30). The van der Waals surface area contributed by atoms with Crippen molar-refractivity contribution in [1.82, 2.24) is 10.2 Å². The van der Waals surface area contributed by atoms with Gasteiger partial charge in [-0.2, -0.15) is 5.26 Å². The topological polar surface area (TPSA) is 123 Å². The zero-order valence-corrected chi connectivity index (χ0v) is 19.5. The number of fused-ring (bicyclic) bond motifs is 1. The van der Waals surface area contributed by atoms with E-state index in [1.54, 1.807) is 18.2 Å². The van der Waals surface area contributed by atoms with Crippen molar-refractivity contribution >= 4 is 5.97 Å². The Bertz CT molecular complexity index is 1300. The SMILES string of the molecule is COc1cc(C2C(C#N)=C(N)Oc3n[nH]c(-c4ccc(CC(C)C)cc4)c32)ccc1OC(C)=O. The zero-order chi connectivity index (χ0) is 24.4. The molecule has 2 aromatic carbocycles. The van der Waals surface area contributed by atoms with E-state index in [4.69, 9.17) is 19.9 Å². The fraction of sp³-hybridized carbons (Fsp3) is 0.269. The zero-order valence-electron chi connectivity index (χ0n) is 19.5. The summed E-state index contributed by atoms with van der Waals surface area (Å²) in [6.45, 7) is 5.68. The summed E-state index contributed by atoms with van der Waals surface area (Å²) in [6, 6.07) is 15.6. The molecule has 8 nitrogen and oxygen atoms in total. The van der Waals surface area contributed by atoms with Crippen LogP contribution < -0.4 is 19.9 Å². The highest BCUT2D eigenvalue weighted by Crippen LogP contribution is 2.47. The summed E-state index contributed by atoms with van der Waals surface area (Å²) in [4.78, 5) is 11.4. The van der Waals surface area contributed by atoms with Crippen LogP contribution in [-0.4, -0.2) is 23.3 Å². The molecule has 0 saturated heterocycles. The van der Waals surface area contributed by atoms with Crippen LogP contribution in [-0.2, 0) is 11.2 Å². The van der Waals surface area contributed by atoms with E-state index < -0.39 is 11.9 Å². The Hall–Kier alpha value is -4.25. The van der Waals surface area contributed by atoms with Crippen molar-refractivity contribution in [2.45, 2.75) is 33.1 Å². The number of nitrogens with two attached hydrogens (primary N) is 1. The Kier molecular flexibility index (Phi) is 6.28. The maximum absolute atomic E-state index is 11.4. The predicted molar refractivity (Wildman–Crippen MR) is 126 cm³/mol. The van der Waals surface area contributed by atoms with Crippen molar-refractivity contribution in [2.24, 2.45) is 11.7 Å². The van der Waals surface area contributed by atoms with Gasteiger partial charge in [-0.3, -0.25) is 9.89 Å². The third-order valence-electron chi connectivity index (χ3n) is 5.60. The molecule has 0 radical (unpaired) electrons. The Balaban J connectivity index is 1.83. The average molecular weight is 459 g/mol.